The summed E-state index contributed by atoms with van der Waals surface area (Å²) in [6.07, 6.45) is -0.718. The van der Waals surface area contributed by atoms with Gasteiger partial charge in [-0.3, -0.25) is 19.6 Å². The number of amides is 2. The van der Waals surface area contributed by atoms with Crippen LogP contribution >= 0.6 is 0 Å². The summed E-state index contributed by atoms with van der Waals surface area (Å²) >= 11 is 0. The summed E-state index contributed by atoms with van der Waals surface area (Å²) in [5.74, 6) is -1.25. The lowest BCUT2D eigenvalue weighted by Gasteiger charge is -2.35. The minimum absolute atomic E-state index is 0.0569. The Morgan fingerprint density at radius 3 is 2.33 bits per heavy atom. The molecule has 0 bridgehead atoms. The van der Waals surface area contributed by atoms with Crippen molar-refractivity contribution >= 4 is 29.3 Å². The van der Waals surface area contributed by atoms with Crippen LogP contribution in [0.1, 0.15) is 48.9 Å². The number of hydrogen-bond acceptors (Lipinski definition) is 7. The smallest absolute Gasteiger partial charge is 0.411 e. The van der Waals surface area contributed by atoms with Crippen molar-refractivity contribution in [3.63, 3.8) is 0 Å². The lowest BCUT2D eigenvalue weighted by Crippen LogP contribution is -2.44. The first-order valence-electron chi connectivity index (χ1n) is 14.4. The van der Waals surface area contributed by atoms with Crippen LogP contribution < -0.4 is 10.2 Å². The van der Waals surface area contributed by atoms with E-state index in [1.807, 2.05) is 63.2 Å². The van der Waals surface area contributed by atoms with Gasteiger partial charge in [0, 0.05) is 51.7 Å². The number of nitrogens with one attached hydrogen (secondary N) is 1. The summed E-state index contributed by atoms with van der Waals surface area (Å²) in [7, 11) is 5.16. The number of aryl methyl sites for hydroxylation is 1. The predicted molar refractivity (Wildman–Crippen MR) is 167 cm³/mol. The molecule has 0 aliphatic carbocycles. The predicted octanol–water partition coefficient (Wildman–Crippen LogP) is 4.43. The fraction of sp³-hybridized carbons (Fsp3) is 0.438. The molecule has 1 aliphatic heterocycles. The molecule has 0 atom stereocenters. The molecule has 0 unspecified atom stereocenters. The van der Waals surface area contributed by atoms with E-state index in [0.717, 1.165) is 54.3 Å². The van der Waals surface area contributed by atoms with E-state index in [2.05, 4.69) is 27.3 Å². The van der Waals surface area contributed by atoms with Crippen molar-refractivity contribution in [2.75, 3.05) is 57.1 Å². The lowest BCUT2D eigenvalue weighted by atomic mass is 9.92. The van der Waals surface area contributed by atoms with Gasteiger partial charge in [0.25, 0.3) is 5.91 Å². The number of carbonyl (C=O) groups is 3. The Labute approximate surface area is 253 Å². The van der Waals surface area contributed by atoms with E-state index in [0.29, 0.717) is 11.4 Å². The summed E-state index contributed by atoms with van der Waals surface area (Å²) in [6, 6.07) is 15.5. The van der Waals surface area contributed by atoms with Crippen LogP contribution in [-0.4, -0.2) is 89.5 Å². The normalized spacial score (nSPS) is 14.0. The molecule has 2 amide bonds. The molecular formula is C32H42N6O5. The first-order valence-corrected chi connectivity index (χ1v) is 14.4. The molecule has 230 valence electrons. The van der Waals surface area contributed by atoms with Crippen molar-refractivity contribution in [3.05, 3.63) is 65.5 Å². The Bertz CT molecular complexity index is 1470. The molecule has 1 aliphatic rings. The molecule has 0 radical (unpaired) electrons. The van der Waals surface area contributed by atoms with Crippen LogP contribution in [0.15, 0.2) is 48.5 Å². The summed E-state index contributed by atoms with van der Waals surface area (Å²) < 4.78 is 6.45. The van der Waals surface area contributed by atoms with E-state index < -0.39 is 12.1 Å². The first-order chi connectivity index (χ1) is 20.3. The lowest BCUT2D eigenvalue weighted by molar-refractivity contribution is -0.137. The molecule has 2 heterocycles. The van der Waals surface area contributed by atoms with Crippen molar-refractivity contribution < 1.29 is 24.2 Å². The zero-order chi connectivity index (χ0) is 31.3. The van der Waals surface area contributed by atoms with Gasteiger partial charge in [0.15, 0.2) is 0 Å². The highest BCUT2D eigenvalue weighted by Gasteiger charge is 2.26. The third-order valence-corrected chi connectivity index (χ3v) is 7.65. The van der Waals surface area contributed by atoms with Gasteiger partial charge in [0.2, 0.25) is 0 Å². The van der Waals surface area contributed by atoms with E-state index in [-0.39, 0.29) is 30.8 Å². The first kappa shape index (κ1) is 31.6. The maximum atomic E-state index is 13.7. The average molecular weight is 591 g/mol. The molecule has 4 rings (SSSR count). The number of hydrogen-bond donors (Lipinski definition) is 2. The molecule has 0 saturated carbocycles. The summed E-state index contributed by atoms with van der Waals surface area (Å²) in [6.45, 7) is 9.90. The van der Waals surface area contributed by atoms with Crippen molar-refractivity contribution in [2.45, 2.75) is 39.2 Å². The maximum absolute atomic E-state index is 13.7. The van der Waals surface area contributed by atoms with Crippen molar-refractivity contribution in [1.82, 2.24) is 19.6 Å². The fourth-order valence-electron chi connectivity index (χ4n) is 5.05. The molecule has 1 fully saturated rings. The third-order valence-electron chi connectivity index (χ3n) is 7.65. The van der Waals surface area contributed by atoms with E-state index in [9.17, 15) is 19.5 Å². The fourth-order valence-corrected chi connectivity index (χ4v) is 5.05. The molecular weight excluding hydrogens is 548 g/mol. The number of ether oxygens (including phenoxy) is 1. The molecule has 43 heavy (non-hydrogen) atoms. The molecule has 2 aromatic carbocycles. The highest BCUT2D eigenvalue weighted by molar-refractivity contribution is 5.93. The minimum atomic E-state index is -0.974. The zero-order valence-electron chi connectivity index (χ0n) is 25.9. The maximum Gasteiger partial charge on any atom is 0.411 e. The van der Waals surface area contributed by atoms with Crippen LogP contribution in [0.2, 0.25) is 0 Å². The Morgan fingerprint density at radius 1 is 1.00 bits per heavy atom. The number of carbonyl (C=O) groups excluding carboxylic acids is 2. The minimum Gasteiger partial charge on any atom is -0.481 e. The SMILES string of the molecule is COC(=O)Nc1cc(-c2cccc(CN(CCC(=O)O)C(=O)c3cc(C(C)(C)C)nn3C)c2)ccc1N1CCN(C)CC1. The van der Waals surface area contributed by atoms with Gasteiger partial charge in [-0.1, -0.05) is 45.0 Å². The third kappa shape index (κ3) is 7.92. The monoisotopic (exact) mass is 590 g/mol. The molecule has 3 aromatic rings. The van der Waals surface area contributed by atoms with Crippen molar-refractivity contribution in [2.24, 2.45) is 7.05 Å². The highest BCUT2D eigenvalue weighted by atomic mass is 16.5. The molecule has 11 heteroatoms. The summed E-state index contributed by atoms with van der Waals surface area (Å²) in [5.41, 5.74) is 5.17. The quantitative estimate of drug-likeness (QED) is 0.376. The number of likely N-dealkylation sites (N-methyl/N-ethyl adjacent to an activating group) is 1. The summed E-state index contributed by atoms with van der Waals surface area (Å²) in [4.78, 5) is 43.4. The number of carboxylic acids is 1. The van der Waals surface area contributed by atoms with Gasteiger partial charge in [0.05, 0.1) is 30.6 Å². The number of methoxy groups -OCH3 is 1. The van der Waals surface area contributed by atoms with E-state index in [4.69, 9.17) is 4.74 Å². The highest BCUT2D eigenvalue weighted by Crippen LogP contribution is 2.33. The van der Waals surface area contributed by atoms with Crippen molar-refractivity contribution in [3.8, 4) is 11.1 Å². The van der Waals surface area contributed by atoms with Crippen LogP contribution in [0.3, 0.4) is 0 Å². The standard InChI is InChI=1S/C32H42N6O5/c1-32(2,3)28-20-27(36(5)34-28)30(41)38(13-12-29(39)40)21-22-8-7-9-23(18-22)24-10-11-26(25(19-24)33-31(42)43-6)37-16-14-35(4)15-17-37/h7-11,18-20H,12-17,21H2,1-6H3,(H,33,42)(H,39,40). The average Bonchev–Trinajstić information content (AvgIpc) is 3.37. The molecule has 1 saturated heterocycles. The van der Waals surface area contributed by atoms with Crippen LogP contribution in [0.25, 0.3) is 11.1 Å². The Kier molecular flexibility index (Phi) is 9.75. The van der Waals surface area contributed by atoms with Gasteiger partial charge in [-0.05, 0) is 48.0 Å². The second-order valence-corrected chi connectivity index (χ2v) is 12.0. The molecule has 1 aromatic heterocycles. The van der Waals surface area contributed by atoms with Gasteiger partial charge >= 0.3 is 12.1 Å². The topological polar surface area (TPSA) is 120 Å². The Morgan fingerprint density at radius 2 is 1.70 bits per heavy atom. The number of aromatic nitrogens is 2. The summed E-state index contributed by atoms with van der Waals surface area (Å²) in [5, 5.41) is 16.8. The van der Waals surface area contributed by atoms with E-state index in [1.54, 1.807) is 22.7 Å². The number of anilines is 2. The van der Waals surface area contributed by atoms with Gasteiger partial charge in [0.1, 0.15) is 5.69 Å². The van der Waals surface area contributed by atoms with Crippen molar-refractivity contribution in [1.29, 1.82) is 0 Å². The molecule has 2 N–H and O–H groups in total. The molecule has 11 nitrogen and oxygen atoms in total. The van der Waals surface area contributed by atoms with Crippen LogP contribution in [-0.2, 0) is 28.5 Å². The van der Waals surface area contributed by atoms with E-state index in [1.165, 1.54) is 7.11 Å². The number of piperazine rings is 1. The van der Waals surface area contributed by atoms with E-state index >= 15 is 0 Å². The number of rotatable bonds is 9. The zero-order valence-corrected chi connectivity index (χ0v) is 25.9. The Hall–Kier alpha value is -4.38. The van der Waals surface area contributed by atoms with Crippen LogP contribution in [0.4, 0.5) is 16.2 Å². The van der Waals surface area contributed by atoms with Crippen LogP contribution in [0.5, 0.6) is 0 Å². The largest absolute Gasteiger partial charge is 0.481 e. The second kappa shape index (κ2) is 13.3. The number of nitrogens with zero attached hydrogens (tertiary/aromatic N) is 5. The van der Waals surface area contributed by atoms with Gasteiger partial charge < -0.3 is 24.5 Å². The second-order valence-electron chi connectivity index (χ2n) is 12.0. The van der Waals surface area contributed by atoms with Crippen LogP contribution in [0, 0.1) is 0 Å². The van der Waals surface area contributed by atoms with Gasteiger partial charge in [-0.15, -0.1) is 0 Å². The van der Waals surface area contributed by atoms with Gasteiger partial charge in [-0.2, -0.15) is 5.10 Å². The number of benzene rings is 2. The number of carboxylic acid groups (broad SMARTS) is 1. The molecule has 0 spiro atoms. The number of aliphatic carboxylic acids is 1. The van der Waals surface area contributed by atoms with Gasteiger partial charge in [-0.25, -0.2) is 4.79 Å². The Balaban J connectivity index is 1.63.